The number of anilines is 1. The van der Waals surface area contributed by atoms with Gasteiger partial charge in [0.25, 0.3) is 0 Å². The fraction of sp³-hybridized carbons (Fsp3) is 0.478. The molecule has 3 rings (SSSR count). The van der Waals surface area contributed by atoms with E-state index in [1.807, 2.05) is 36.9 Å². The Hall–Kier alpha value is -2.24. The maximum atomic E-state index is 12.5. The molecule has 0 aliphatic carbocycles. The fourth-order valence-electron chi connectivity index (χ4n) is 3.85. The summed E-state index contributed by atoms with van der Waals surface area (Å²) in [6.45, 7) is 8.57. The number of aromatic nitrogens is 1. The first kappa shape index (κ1) is 20.5. The van der Waals surface area contributed by atoms with Crippen LogP contribution in [0.5, 0.6) is 0 Å². The van der Waals surface area contributed by atoms with Gasteiger partial charge in [0.2, 0.25) is 5.91 Å². The first-order valence-electron chi connectivity index (χ1n) is 10.3. The molecule has 2 aromatic rings. The van der Waals surface area contributed by atoms with Crippen LogP contribution in [-0.2, 0) is 11.3 Å². The first-order valence-corrected chi connectivity index (χ1v) is 10.3. The van der Waals surface area contributed by atoms with Crippen molar-refractivity contribution in [2.45, 2.75) is 39.3 Å². The van der Waals surface area contributed by atoms with Crippen LogP contribution in [0.2, 0.25) is 0 Å². The van der Waals surface area contributed by atoms with Gasteiger partial charge in [0.15, 0.2) is 0 Å². The van der Waals surface area contributed by atoms with E-state index >= 15 is 0 Å². The number of hydrogen-bond acceptors (Lipinski definition) is 4. The number of amides is 1. The Morgan fingerprint density at radius 1 is 1.18 bits per heavy atom. The van der Waals surface area contributed by atoms with Crippen molar-refractivity contribution in [2.24, 2.45) is 0 Å². The summed E-state index contributed by atoms with van der Waals surface area (Å²) in [7, 11) is 2.21. The van der Waals surface area contributed by atoms with Crippen LogP contribution in [0.1, 0.15) is 31.0 Å². The van der Waals surface area contributed by atoms with E-state index in [4.69, 9.17) is 0 Å². The molecule has 0 radical (unpaired) electrons. The molecule has 1 unspecified atom stereocenters. The number of benzene rings is 1. The molecular formula is C23H32N4O. The van der Waals surface area contributed by atoms with Gasteiger partial charge in [-0.3, -0.25) is 19.5 Å². The average Bonchev–Trinajstić information content (AvgIpc) is 3.18. The third-order valence-corrected chi connectivity index (χ3v) is 5.54. The van der Waals surface area contributed by atoms with Crippen molar-refractivity contribution in [3.05, 3.63) is 59.8 Å². The number of hydrogen-bond donors (Lipinski definition) is 0. The van der Waals surface area contributed by atoms with Crippen LogP contribution in [0, 0.1) is 6.92 Å². The minimum Gasteiger partial charge on any atom is -0.300 e. The van der Waals surface area contributed by atoms with Crippen molar-refractivity contribution in [2.75, 3.05) is 38.1 Å². The van der Waals surface area contributed by atoms with Crippen LogP contribution in [0.4, 0.5) is 5.82 Å². The Labute approximate surface area is 169 Å². The summed E-state index contributed by atoms with van der Waals surface area (Å²) >= 11 is 0. The van der Waals surface area contributed by atoms with E-state index in [0.717, 1.165) is 37.7 Å². The minimum absolute atomic E-state index is 0.134. The van der Waals surface area contributed by atoms with Gasteiger partial charge in [0.1, 0.15) is 5.82 Å². The molecule has 1 aliphatic heterocycles. The zero-order valence-corrected chi connectivity index (χ0v) is 17.3. The topological polar surface area (TPSA) is 39.7 Å². The van der Waals surface area contributed by atoms with Gasteiger partial charge >= 0.3 is 0 Å². The second-order valence-corrected chi connectivity index (χ2v) is 7.68. The second-order valence-electron chi connectivity index (χ2n) is 7.68. The minimum atomic E-state index is 0.134. The van der Waals surface area contributed by atoms with Crippen molar-refractivity contribution in [3.63, 3.8) is 0 Å². The Bertz CT molecular complexity index is 764. The predicted molar refractivity (Wildman–Crippen MR) is 114 cm³/mol. The van der Waals surface area contributed by atoms with E-state index in [1.54, 1.807) is 0 Å². The normalized spacial score (nSPS) is 17.2. The number of likely N-dealkylation sites (N-methyl/N-ethyl adjacent to an activating group) is 1. The van der Waals surface area contributed by atoms with Crippen molar-refractivity contribution in [3.8, 4) is 0 Å². The third kappa shape index (κ3) is 5.40. The highest BCUT2D eigenvalue weighted by atomic mass is 16.2. The van der Waals surface area contributed by atoms with Gasteiger partial charge in [-0.05, 0) is 44.6 Å². The van der Waals surface area contributed by atoms with Gasteiger partial charge in [0, 0.05) is 44.3 Å². The average molecular weight is 381 g/mol. The highest BCUT2D eigenvalue weighted by Gasteiger charge is 2.26. The Morgan fingerprint density at radius 3 is 2.68 bits per heavy atom. The van der Waals surface area contributed by atoms with Crippen LogP contribution in [-0.4, -0.2) is 60.0 Å². The van der Waals surface area contributed by atoms with Crippen LogP contribution in [0.25, 0.3) is 0 Å². The Balaban J connectivity index is 1.54. The fourth-order valence-corrected chi connectivity index (χ4v) is 3.85. The molecule has 1 aromatic carbocycles. The number of pyridine rings is 1. The summed E-state index contributed by atoms with van der Waals surface area (Å²) in [6, 6.07) is 17.1. The molecule has 150 valence electrons. The van der Waals surface area contributed by atoms with Gasteiger partial charge in [-0.1, -0.05) is 43.3 Å². The molecule has 1 aromatic heterocycles. The lowest BCUT2D eigenvalue weighted by molar-refractivity contribution is -0.118. The van der Waals surface area contributed by atoms with E-state index in [2.05, 4.69) is 52.2 Å². The lowest BCUT2D eigenvalue weighted by Crippen LogP contribution is -2.40. The van der Waals surface area contributed by atoms with E-state index in [-0.39, 0.29) is 5.91 Å². The number of aryl methyl sites for hydroxylation is 1. The molecule has 1 fully saturated rings. The molecule has 2 heterocycles. The third-order valence-electron chi connectivity index (χ3n) is 5.54. The van der Waals surface area contributed by atoms with Crippen molar-refractivity contribution in [1.29, 1.82) is 0 Å². The highest BCUT2D eigenvalue weighted by molar-refractivity contribution is 5.92. The smallest absolute Gasteiger partial charge is 0.227 e. The van der Waals surface area contributed by atoms with Crippen LogP contribution in [0.15, 0.2) is 48.5 Å². The second kappa shape index (κ2) is 9.80. The van der Waals surface area contributed by atoms with Crippen LogP contribution < -0.4 is 4.90 Å². The Morgan fingerprint density at radius 2 is 1.96 bits per heavy atom. The van der Waals surface area contributed by atoms with E-state index < -0.39 is 0 Å². The van der Waals surface area contributed by atoms with Crippen molar-refractivity contribution in [1.82, 2.24) is 14.8 Å². The van der Waals surface area contributed by atoms with E-state index in [9.17, 15) is 4.79 Å². The molecule has 0 bridgehead atoms. The summed E-state index contributed by atoms with van der Waals surface area (Å²) in [5, 5.41) is 0. The zero-order chi connectivity index (χ0) is 19.9. The Kier molecular flexibility index (Phi) is 7.18. The quantitative estimate of drug-likeness (QED) is 0.704. The predicted octanol–water partition coefficient (Wildman–Crippen LogP) is 3.34. The summed E-state index contributed by atoms with van der Waals surface area (Å²) in [6.07, 6.45) is 1.67. The number of carbonyl (C=O) groups excluding carboxylic acids is 1. The van der Waals surface area contributed by atoms with Crippen molar-refractivity contribution >= 4 is 11.7 Å². The molecule has 0 N–H and O–H groups in total. The standard InChI is InChI=1S/C23H32N4O/c1-4-23(28)27(22-12-8-9-19(2)24-22)16-15-26-14-13-21(18-26)25(3)17-20-10-6-5-7-11-20/h5-12,21H,4,13-18H2,1-3H3. The van der Waals surface area contributed by atoms with Gasteiger partial charge in [-0.15, -0.1) is 0 Å². The lowest BCUT2D eigenvalue weighted by Gasteiger charge is -2.27. The molecule has 0 spiro atoms. The maximum absolute atomic E-state index is 12.5. The van der Waals surface area contributed by atoms with Gasteiger partial charge in [-0.2, -0.15) is 0 Å². The summed E-state index contributed by atoms with van der Waals surface area (Å²) in [5.74, 6) is 0.902. The van der Waals surface area contributed by atoms with Crippen LogP contribution in [0.3, 0.4) is 0 Å². The molecule has 28 heavy (non-hydrogen) atoms. The molecule has 1 atom stereocenters. The molecule has 1 aliphatic rings. The summed E-state index contributed by atoms with van der Waals surface area (Å²) in [5.41, 5.74) is 2.30. The van der Waals surface area contributed by atoms with Gasteiger partial charge < -0.3 is 0 Å². The molecule has 5 nitrogen and oxygen atoms in total. The van der Waals surface area contributed by atoms with E-state index in [1.165, 1.54) is 12.0 Å². The molecule has 1 amide bonds. The first-order chi connectivity index (χ1) is 13.6. The number of likely N-dealkylation sites (tertiary alicyclic amines) is 1. The van der Waals surface area contributed by atoms with E-state index in [0.29, 0.717) is 19.0 Å². The van der Waals surface area contributed by atoms with Crippen LogP contribution >= 0.6 is 0 Å². The monoisotopic (exact) mass is 380 g/mol. The highest BCUT2D eigenvalue weighted by Crippen LogP contribution is 2.18. The zero-order valence-electron chi connectivity index (χ0n) is 17.3. The molecule has 1 saturated heterocycles. The number of nitrogens with zero attached hydrogens (tertiary/aromatic N) is 4. The summed E-state index contributed by atoms with van der Waals surface area (Å²) < 4.78 is 0. The number of carbonyl (C=O) groups is 1. The molecule has 5 heteroatoms. The molecule has 0 saturated carbocycles. The largest absolute Gasteiger partial charge is 0.300 e. The van der Waals surface area contributed by atoms with Gasteiger partial charge in [-0.25, -0.2) is 4.98 Å². The SMILES string of the molecule is CCC(=O)N(CCN1CCC(N(C)Cc2ccccc2)C1)c1cccc(C)n1. The van der Waals surface area contributed by atoms with Crippen molar-refractivity contribution < 1.29 is 4.79 Å². The summed E-state index contributed by atoms with van der Waals surface area (Å²) in [4.78, 5) is 23.8. The van der Waals surface area contributed by atoms with Gasteiger partial charge in [0.05, 0.1) is 0 Å². The lowest BCUT2D eigenvalue weighted by atomic mass is 10.1. The molecular weight excluding hydrogens is 348 g/mol. The maximum Gasteiger partial charge on any atom is 0.227 e. The number of rotatable bonds is 8.